The maximum Gasteiger partial charge on any atom is 0.267 e. The van der Waals surface area contributed by atoms with Gasteiger partial charge in [-0.05, 0) is 31.3 Å². The molecular weight excluding hydrogens is 246 g/mol. The van der Waals surface area contributed by atoms with Crippen LogP contribution in [-0.2, 0) is 6.42 Å². The Labute approximate surface area is 105 Å². The Kier molecular flexibility index (Phi) is 5.69. The van der Waals surface area contributed by atoms with Crippen LogP contribution in [0.5, 0.6) is 0 Å². The van der Waals surface area contributed by atoms with E-state index in [0.717, 1.165) is 18.5 Å². The summed E-state index contributed by atoms with van der Waals surface area (Å²) in [6, 6.07) is 0. The number of carbonyl (C=O) groups excluding carboxylic acids is 1. The first-order chi connectivity index (χ1) is 7.74. The molecule has 0 saturated heterocycles. The van der Waals surface area contributed by atoms with Crippen molar-refractivity contribution in [1.29, 1.82) is 0 Å². The Morgan fingerprint density at radius 1 is 1.50 bits per heavy atom. The number of rotatable bonds is 6. The van der Waals surface area contributed by atoms with Gasteiger partial charge in [-0.2, -0.15) is 0 Å². The summed E-state index contributed by atoms with van der Waals surface area (Å²) in [5, 5.41) is 3.95. The first-order valence-electron chi connectivity index (χ1n) is 5.41. The van der Waals surface area contributed by atoms with E-state index in [1.165, 1.54) is 11.5 Å². The summed E-state index contributed by atoms with van der Waals surface area (Å²) in [5.41, 5.74) is 0.791. The Morgan fingerprint density at radius 2 is 2.25 bits per heavy atom. The highest BCUT2D eigenvalue weighted by Crippen LogP contribution is 2.14. The minimum atomic E-state index is 0.0273. The van der Waals surface area contributed by atoms with Gasteiger partial charge in [0, 0.05) is 19.0 Å². The van der Waals surface area contributed by atoms with Crippen molar-refractivity contribution in [3.05, 3.63) is 10.6 Å². The van der Waals surface area contributed by atoms with Crippen LogP contribution in [0, 0.1) is 0 Å². The molecule has 0 atom stereocenters. The molecule has 16 heavy (non-hydrogen) atoms. The predicted molar refractivity (Wildman–Crippen MR) is 66.2 cm³/mol. The van der Waals surface area contributed by atoms with Crippen LogP contribution in [0.2, 0.25) is 0 Å². The molecule has 1 heterocycles. The Hall–Kier alpha value is -0.680. The number of carbonyl (C=O) groups is 1. The Morgan fingerprint density at radius 3 is 2.81 bits per heavy atom. The smallest absolute Gasteiger partial charge is 0.267 e. The van der Waals surface area contributed by atoms with Gasteiger partial charge in [0.25, 0.3) is 5.91 Å². The van der Waals surface area contributed by atoms with Crippen LogP contribution in [0.4, 0.5) is 0 Å². The minimum absolute atomic E-state index is 0.0273. The average molecular weight is 262 g/mol. The zero-order chi connectivity index (χ0) is 12.0. The standard InChI is InChI=1S/C10H16ClN3OS/c1-3-8-9(16-13-12-8)10(15)14(4-2)7-5-6-11/h3-7H2,1-2H3. The molecule has 0 N–H and O–H groups in total. The first kappa shape index (κ1) is 13.4. The molecule has 0 radical (unpaired) electrons. The Balaban J connectivity index is 2.74. The zero-order valence-electron chi connectivity index (χ0n) is 9.57. The molecule has 1 aromatic rings. The third-order valence-electron chi connectivity index (χ3n) is 2.32. The van der Waals surface area contributed by atoms with Crippen molar-refractivity contribution >= 4 is 29.0 Å². The topological polar surface area (TPSA) is 46.1 Å². The highest BCUT2D eigenvalue weighted by molar-refractivity contribution is 7.07. The predicted octanol–water partition coefficient (Wildman–Crippen LogP) is 2.19. The van der Waals surface area contributed by atoms with Crippen molar-refractivity contribution in [2.24, 2.45) is 0 Å². The van der Waals surface area contributed by atoms with Gasteiger partial charge in [-0.25, -0.2) is 0 Å². The van der Waals surface area contributed by atoms with Gasteiger partial charge < -0.3 is 4.90 Å². The zero-order valence-corrected chi connectivity index (χ0v) is 11.1. The van der Waals surface area contributed by atoms with Gasteiger partial charge in [0.15, 0.2) is 0 Å². The molecule has 0 unspecified atom stereocenters. The van der Waals surface area contributed by atoms with Gasteiger partial charge in [0.2, 0.25) is 0 Å². The second-order valence-electron chi connectivity index (χ2n) is 3.33. The number of hydrogen-bond acceptors (Lipinski definition) is 4. The molecule has 1 aromatic heterocycles. The average Bonchev–Trinajstić information content (AvgIpc) is 2.77. The van der Waals surface area contributed by atoms with Gasteiger partial charge >= 0.3 is 0 Å². The van der Waals surface area contributed by atoms with Crippen LogP contribution in [-0.4, -0.2) is 39.4 Å². The highest BCUT2D eigenvalue weighted by atomic mass is 35.5. The summed E-state index contributed by atoms with van der Waals surface area (Å²) in [7, 11) is 0. The third kappa shape index (κ3) is 3.15. The fraction of sp³-hybridized carbons (Fsp3) is 0.700. The molecule has 0 bridgehead atoms. The fourth-order valence-electron chi connectivity index (χ4n) is 1.40. The molecular formula is C10H16ClN3OS. The summed E-state index contributed by atoms with van der Waals surface area (Å²) < 4.78 is 3.83. The van der Waals surface area contributed by atoms with Gasteiger partial charge in [-0.1, -0.05) is 11.4 Å². The molecule has 0 aromatic carbocycles. The molecule has 0 spiro atoms. The van der Waals surface area contributed by atoms with Crippen LogP contribution in [0.1, 0.15) is 35.6 Å². The van der Waals surface area contributed by atoms with E-state index in [1.54, 1.807) is 4.90 Å². The Bertz CT molecular complexity index is 343. The summed E-state index contributed by atoms with van der Waals surface area (Å²) >= 11 is 6.80. The van der Waals surface area contributed by atoms with E-state index in [0.29, 0.717) is 23.8 Å². The third-order valence-corrected chi connectivity index (χ3v) is 3.34. The van der Waals surface area contributed by atoms with E-state index < -0.39 is 0 Å². The van der Waals surface area contributed by atoms with Crippen molar-refractivity contribution in [2.45, 2.75) is 26.7 Å². The van der Waals surface area contributed by atoms with Crippen LogP contribution in [0.15, 0.2) is 0 Å². The van der Waals surface area contributed by atoms with Crippen molar-refractivity contribution in [3.8, 4) is 0 Å². The lowest BCUT2D eigenvalue weighted by molar-refractivity contribution is 0.0768. The maximum absolute atomic E-state index is 12.1. The van der Waals surface area contributed by atoms with E-state index >= 15 is 0 Å². The number of hydrogen-bond donors (Lipinski definition) is 0. The summed E-state index contributed by atoms with van der Waals surface area (Å²) in [6.45, 7) is 5.32. The number of amides is 1. The molecule has 1 amide bonds. The van der Waals surface area contributed by atoms with Gasteiger partial charge in [0.05, 0.1) is 5.69 Å². The molecule has 0 aliphatic carbocycles. The molecule has 6 heteroatoms. The first-order valence-corrected chi connectivity index (χ1v) is 6.71. The normalized spacial score (nSPS) is 10.4. The van der Waals surface area contributed by atoms with Crippen LogP contribution in [0.25, 0.3) is 0 Å². The van der Waals surface area contributed by atoms with Crippen molar-refractivity contribution in [3.63, 3.8) is 0 Å². The van der Waals surface area contributed by atoms with Crippen LogP contribution < -0.4 is 0 Å². The maximum atomic E-state index is 12.1. The van der Waals surface area contributed by atoms with Crippen LogP contribution >= 0.6 is 23.1 Å². The lowest BCUT2D eigenvalue weighted by atomic mass is 10.2. The highest BCUT2D eigenvalue weighted by Gasteiger charge is 2.19. The van der Waals surface area contributed by atoms with Gasteiger partial charge in [0.1, 0.15) is 4.88 Å². The van der Waals surface area contributed by atoms with Crippen molar-refractivity contribution < 1.29 is 4.79 Å². The van der Waals surface area contributed by atoms with E-state index in [-0.39, 0.29) is 5.91 Å². The number of halogens is 1. The second-order valence-corrected chi connectivity index (χ2v) is 4.46. The summed E-state index contributed by atoms with van der Waals surface area (Å²) in [6.07, 6.45) is 1.56. The number of alkyl halides is 1. The molecule has 0 fully saturated rings. The number of nitrogens with zero attached hydrogens (tertiary/aromatic N) is 3. The van der Waals surface area contributed by atoms with E-state index in [4.69, 9.17) is 11.6 Å². The molecule has 4 nitrogen and oxygen atoms in total. The fourth-order valence-corrected chi connectivity index (χ4v) is 2.24. The van der Waals surface area contributed by atoms with Crippen LogP contribution in [0.3, 0.4) is 0 Å². The van der Waals surface area contributed by atoms with Gasteiger partial charge in [-0.15, -0.1) is 16.7 Å². The second kappa shape index (κ2) is 6.81. The largest absolute Gasteiger partial charge is 0.338 e. The summed E-state index contributed by atoms with van der Waals surface area (Å²) in [4.78, 5) is 14.6. The lowest BCUT2D eigenvalue weighted by Crippen LogP contribution is -2.32. The SMILES string of the molecule is CCc1nnsc1C(=O)N(CC)CCCCl. The molecule has 1 rings (SSSR count). The molecule has 0 saturated carbocycles. The van der Waals surface area contributed by atoms with E-state index in [9.17, 15) is 4.79 Å². The monoisotopic (exact) mass is 261 g/mol. The molecule has 0 aliphatic rings. The number of aromatic nitrogens is 2. The number of aryl methyl sites for hydroxylation is 1. The van der Waals surface area contributed by atoms with Crippen molar-refractivity contribution in [1.82, 2.24) is 14.5 Å². The van der Waals surface area contributed by atoms with E-state index in [2.05, 4.69) is 9.59 Å². The molecule has 90 valence electrons. The van der Waals surface area contributed by atoms with Crippen molar-refractivity contribution in [2.75, 3.05) is 19.0 Å². The van der Waals surface area contributed by atoms with E-state index in [1.807, 2.05) is 13.8 Å². The lowest BCUT2D eigenvalue weighted by Gasteiger charge is -2.19. The minimum Gasteiger partial charge on any atom is -0.338 e. The summed E-state index contributed by atoms with van der Waals surface area (Å²) in [5.74, 6) is 0.602. The quantitative estimate of drug-likeness (QED) is 0.738. The van der Waals surface area contributed by atoms with Gasteiger partial charge in [-0.3, -0.25) is 4.79 Å². The molecule has 0 aliphatic heterocycles.